The summed E-state index contributed by atoms with van der Waals surface area (Å²) in [6.07, 6.45) is 6.15. The first-order valence-corrected chi connectivity index (χ1v) is 4.63. The van der Waals surface area contributed by atoms with Crippen molar-refractivity contribution < 1.29 is 37.5 Å². The van der Waals surface area contributed by atoms with E-state index in [2.05, 4.69) is 13.3 Å². The number of amides is 1. The summed E-state index contributed by atoms with van der Waals surface area (Å²) in [7, 11) is 1.88. The van der Waals surface area contributed by atoms with Gasteiger partial charge in [-0.2, -0.15) is 0 Å². The third-order valence-corrected chi connectivity index (χ3v) is 2.36. The normalized spacial score (nSPS) is 22.8. The first-order valence-electron chi connectivity index (χ1n) is 4.63. The third kappa shape index (κ3) is 4.08. The molecule has 0 bridgehead atoms. The third-order valence-electron chi connectivity index (χ3n) is 2.36. The predicted octanol–water partition coefficient (Wildman–Crippen LogP) is 1.67. The number of carbonyl (C=O) groups excluding carboxylic acids is 1. The number of unbranched alkanes of at least 4 members (excludes halogenated alkanes) is 1. The molecule has 0 N–H and O–H groups in total. The molecular weight excluding hydrogens is 239 g/mol. The van der Waals surface area contributed by atoms with E-state index < -0.39 is 0 Å². The van der Waals surface area contributed by atoms with E-state index in [4.69, 9.17) is 0 Å². The number of hydrogen-bond donors (Lipinski definition) is 0. The standard InChI is InChI=1S/C10H17NO.Y/c1-3-4-6-9-7-5-8-11(2)10(9)12;/h6,9H,1,3-5,7-8H2,2H3;/q-2;. The molecule has 1 amide bonds. The van der Waals surface area contributed by atoms with Crippen LogP contribution in [0.15, 0.2) is 0 Å². The second kappa shape index (κ2) is 6.94. The molecule has 1 radical (unpaired) electrons. The van der Waals surface area contributed by atoms with Gasteiger partial charge in [-0.25, -0.2) is 12.8 Å². The zero-order valence-corrected chi connectivity index (χ0v) is 11.2. The summed E-state index contributed by atoms with van der Waals surface area (Å²) in [5.41, 5.74) is 0. The van der Waals surface area contributed by atoms with Gasteiger partial charge < -0.3 is 18.2 Å². The van der Waals surface area contributed by atoms with E-state index in [1.807, 2.05) is 11.9 Å². The van der Waals surface area contributed by atoms with Crippen molar-refractivity contribution in [2.45, 2.75) is 25.7 Å². The van der Waals surface area contributed by atoms with E-state index in [-0.39, 0.29) is 44.5 Å². The number of piperidine rings is 1. The average molecular weight is 256 g/mol. The van der Waals surface area contributed by atoms with E-state index >= 15 is 0 Å². The minimum atomic E-state index is 0. The Labute approximate surface area is 106 Å². The number of rotatable bonds is 3. The molecular formula is C10H17NOY-2. The van der Waals surface area contributed by atoms with Gasteiger partial charge in [-0.1, -0.05) is 12.3 Å². The zero-order chi connectivity index (χ0) is 8.97. The summed E-state index contributed by atoms with van der Waals surface area (Å²) in [5, 5.41) is 0. The minimum absolute atomic E-state index is 0. The molecule has 1 atom stereocenters. The molecule has 0 aromatic rings. The number of nitrogens with zero attached hydrogens (tertiary/aromatic N) is 1. The Hall–Kier alpha value is 0.574. The molecule has 13 heavy (non-hydrogen) atoms. The van der Waals surface area contributed by atoms with E-state index in [0.717, 1.165) is 32.2 Å². The Bertz CT molecular complexity index is 161. The van der Waals surface area contributed by atoms with Crippen LogP contribution in [0, 0.1) is 19.3 Å². The van der Waals surface area contributed by atoms with Gasteiger partial charge in [0.15, 0.2) is 5.91 Å². The topological polar surface area (TPSA) is 20.3 Å². The van der Waals surface area contributed by atoms with Gasteiger partial charge in [0.25, 0.3) is 0 Å². The molecule has 1 fully saturated rings. The molecule has 1 saturated heterocycles. The average Bonchev–Trinajstić information content (AvgIpc) is 2.08. The zero-order valence-electron chi connectivity index (χ0n) is 8.33. The molecule has 1 aliphatic heterocycles. The van der Waals surface area contributed by atoms with Gasteiger partial charge in [0.2, 0.25) is 0 Å². The van der Waals surface area contributed by atoms with Crippen LogP contribution in [0.1, 0.15) is 25.7 Å². The van der Waals surface area contributed by atoms with Crippen molar-refractivity contribution in [2.75, 3.05) is 13.6 Å². The number of likely N-dealkylation sites (tertiary alicyclic amines) is 1. The van der Waals surface area contributed by atoms with Gasteiger partial charge in [-0.05, 0) is 6.42 Å². The largest absolute Gasteiger partial charge is 0.348 e. The van der Waals surface area contributed by atoms with Crippen LogP contribution in [0.5, 0.6) is 0 Å². The van der Waals surface area contributed by atoms with Crippen molar-refractivity contribution in [1.29, 1.82) is 0 Å². The van der Waals surface area contributed by atoms with E-state index in [9.17, 15) is 4.79 Å². The molecule has 0 spiro atoms. The molecule has 73 valence electrons. The van der Waals surface area contributed by atoms with E-state index in [1.165, 1.54) is 0 Å². The van der Waals surface area contributed by atoms with Gasteiger partial charge in [-0.3, -0.25) is 4.79 Å². The van der Waals surface area contributed by atoms with Crippen molar-refractivity contribution >= 4 is 5.91 Å². The van der Waals surface area contributed by atoms with Gasteiger partial charge in [0, 0.05) is 46.3 Å². The van der Waals surface area contributed by atoms with E-state index in [0.29, 0.717) is 0 Å². The minimum Gasteiger partial charge on any atom is -0.348 e. The monoisotopic (exact) mass is 256 g/mol. The van der Waals surface area contributed by atoms with Gasteiger partial charge >= 0.3 is 0 Å². The maximum absolute atomic E-state index is 11.5. The second-order valence-electron chi connectivity index (χ2n) is 3.39. The maximum Gasteiger partial charge on any atom is 0.195 e. The number of hydrogen-bond acceptors (Lipinski definition) is 1. The predicted molar refractivity (Wildman–Crippen MR) is 49.3 cm³/mol. The van der Waals surface area contributed by atoms with Gasteiger partial charge in [-0.15, -0.1) is 0 Å². The Kier molecular flexibility index (Phi) is 7.25. The fourth-order valence-electron chi connectivity index (χ4n) is 1.60. The van der Waals surface area contributed by atoms with Crippen molar-refractivity contribution in [2.24, 2.45) is 5.92 Å². The Morgan fingerprint density at radius 2 is 2.38 bits per heavy atom. The fourth-order valence-corrected chi connectivity index (χ4v) is 1.60. The smallest absolute Gasteiger partial charge is 0.195 e. The van der Waals surface area contributed by atoms with Crippen LogP contribution in [0.4, 0.5) is 0 Å². The van der Waals surface area contributed by atoms with Crippen molar-refractivity contribution in [3.05, 3.63) is 13.3 Å². The van der Waals surface area contributed by atoms with Crippen molar-refractivity contribution in [1.82, 2.24) is 4.90 Å². The summed E-state index contributed by atoms with van der Waals surface area (Å²) >= 11 is 0. The van der Waals surface area contributed by atoms with Crippen LogP contribution in [0.3, 0.4) is 0 Å². The quantitative estimate of drug-likeness (QED) is 0.703. The molecule has 1 unspecified atom stereocenters. The SMILES string of the molecule is [CH2-]CC[CH-]C1CCCN(C)C1=O.[Y]. The fraction of sp³-hybridized carbons (Fsp3) is 0.700. The van der Waals surface area contributed by atoms with Crippen LogP contribution in [-0.4, -0.2) is 24.4 Å². The Balaban J connectivity index is 0.00000144. The molecule has 0 saturated carbocycles. The molecule has 0 aromatic carbocycles. The van der Waals surface area contributed by atoms with Crippen LogP contribution in [-0.2, 0) is 37.5 Å². The molecule has 1 heterocycles. The van der Waals surface area contributed by atoms with Gasteiger partial charge in [0.1, 0.15) is 0 Å². The summed E-state index contributed by atoms with van der Waals surface area (Å²) in [6, 6.07) is 0. The van der Waals surface area contributed by atoms with Crippen molar-refractivity contribution in [3.63, 3.8) is 0 Å². The van der Waals surface area contributed by atoms with Crippen LogP contribution >= 0.6 is 0 Å². The first-order chi connectivity index (χ1) is 5.75. The Morgan fingerprint density at radius 1 is 1.69 bits per heavy atom. The van der Waals surface area contributed by atoms with Crippen LogP contribution in [0.25, 0.3) is 0 Å². The maximum atomic E-state index is 11.5. The molecule has 3 heteroatoms. The molecule has 0 aliphatic carbocycles. The summed E-state index contributed by atoms with van der Waals surface area (Å²) in [4.78, 5) is 13.3. The van der Waals surface area contributed by atoms with Crippen molar-refractivity contribution in [3.8, 4) is 0 Å². The molecule has 1 rings (SSSR count). The molecule has 0 aromatic heterocycles. The van der Waals surface area contributed by atoms with E-state index in [1.54, 1.807) is 0 Å². The van der Waals surface area contributed by atoms with Crippen LogP contribution < -0.4 is 0 Å². The summed E-state index contributed by atoms with van der Waals surface area (Å²) < 4.78 is 0. The molecule has 2 nitrogen and oxygen atoms in total. The first kappa shape index (κ1) is 13.6. The second-order valence-corrected chi connectivity index (χ2v) is 3.39. The molecule has 1 aliphatic rings. The Morgan fingerprint density at radius 3 is 3.00 bits per heavy atom. The summed E-state index contributed by atoms with van der Waals surface area (Å²) in [6.45, 7) is 4.68. The number of carbonyl (C=O) groups is 1. The summed E-state index contributed by atoms with van der Waals surface area (Å²) in [5.74, 6) is 0.459. The van der Waals surface area contributed by atoms with Crippen LogP contribution in [0.2, 0.25) is 0 Å². The van der Waals surface area contributed by atoms with Gasteiger partial charge in [0.05, 0.1) is 0 Å².